The zero-order valence-corrected chi connectivity index (χ0v) is 18.5. The van der Waals surface area contributed by atoms with Crippen LogP contribution in [0.15, 0.2) is 114 Å². The van der Waals surface area contributed by atoms with Crippen molar-refractivity contribution in [1.82, 2.24) is 4.98 Å². The van der Waals surface area contributed by atoms with Gasteiger partial charge < -0.3 is 9.15 Å². The van der Waals surface area contributed by atoms with Crippen molar-refractivity contribution in [2.24, 2.45) is 0 Å². The van der Waals surface area contributed by atoms with E-state index >= 15 is 0 Å². The number of ether oxygens (including phenoxy) is 1. The first-order valence-electron chi connectivity index (χ1n) is 10.6. The number of methoxy groups -OCH3 is 1. The summed E-state index contributed by atoms with van der Waals surface area (Å²) in [5.74, 6) is 2.17. The largest absolute Gasteiger partial charge is 0.497 e. The molecule has 0 aliphatic carbocycles. The van der Waals surface area contributed by atoms with Crippen LogP contribution in [0.4, 0.5) is 0 Å². The van der Waals surface area contributed by atoms with Crippen molar-refractivity contribution in [3.63, 3.8) is 0 Å². The Balaban J connectivity index is 0.000000868. The van der Waals surface area contributed by atoms with Gasteiger partial charge in [-0.15, -0.1) is 0 Å². The Morgan fingerprint density at radius 2 is 1.24 bits per heavy atom. The first kappa shape index (κ1) is 22.5. The van der Waals surface area contributed by atoms with Crippen LogP contribution < -0.4 is 4.74 Å². The topological polar surface area (TPSA) is 69.4 Å². The van der Waals surface area contributed by atoms with Crippen molar-refractivity contribution in [3.05, 3.63) is 109 Å². The first-order valence-corrected chi connectivity index (χ1v) is 10.6. The second-order valence-corrected chi connectivity index (χ2v) is 7.29. The molecule has 1 aromatic heterocycles. The summed E-state index contributed by atoms with van der Waals surface area (Å²) in [6.07, 6.45) is 0.250. The summed E-state index contributed by atoms with van der Waals surface area (Å²) in [6, 6.07) is 36.5. The van der Waals surface area contributed by atoms with Crippen LogP contribution in [0.3, 0.4) is 0 Å². The molecule has 0 fully saturated rings. The quantitative estimate of drug-likeness (QED) is 0.297. The second kappa shape index (κ2) is 10.7. The minimum absolute atomic E-state index is 0.250. The molecule has 0 aliphatic heterocycles. The minimum Gasteiger partial charge on any atom is -0.497 e. The molecule has 0 saturated carbocycles. The van der Waals surface area contributed by atoms with Crippen LogP contribution in [0.5, 0.6) is 5.75 Å². The average Bonchev–Trinajstić information content (AvgIpc) is 3.36. The van der Waals surface area contributed by atoms with Gasteiger partial charge in [-0.2, -0.15) is 9.59 Å². The lowest BCUT2D eigenvalue weighted by molar-refractivity contribution is -0.191. The van der Waals surface area contributed by atoms with Crippen molar-refractivity contribution in [2.75, 3.05) is 7.11 Å². The number of oxazole rings is 1. The summed E-state index contributed by atoms with van der Waals surface area (Å²) in [7, 11) is 1.68. The first-order chi connectivity index (χ1) is 16.7. The third-order valence-electron chi connectivity index (χ3n) is 5.25. The smallest absolute Gasteiger partial charge is 0.373 e. The number of aromatic nitrogens is 1. The standard InChI is InChI=1S/C28H21NO2.CO2/c1-30-23-16-10-15-22(19-23)24-17-8-9-18-25(24)28-29-26(20-11-4-2-5-12-20)27(31-28)21-13-6-3-7-14-21;2-1-3/h2-19H,1H3;. The van der Waals surface area contributed by atoms with Gasteiger partial charge in [-0.1, -0.05) is 91.0 Å². The molecule has 0 bridgehead atoms. The fraction of sp³-hybridized carbons (Fsp3) is 0.0345. The molecule has 5 heteroatoms. The Morgan fingerprint density at radius 3 is 1.88 bits per heavy atom. The molecular formula is C29H21NO4. The third kappa shape index (κ3) is 4.85. The maximum atomic E-state index is 8.12. The highest BCUT2D eigenvalue weighted by Crippen LogP contribution is 2.39. The molecule has 0 amide bonds. The lowest BCUT2D eigenvalue weighted by Gasteiger charge is -2.08. The van der Waals surface area contributed by atoms with Gasteiger partial charge >= 0.3 is 6.15 Å². The number of benzene rings is 4. The molecule has 4 aromatic carbocycles. The molecule has 0 N–H and O–H groups in total. The summed E-state index contributed by atoms with van der Waals surface area (Å²) < 4.78 is 11.8. The molecule has 0 atom stereocenters. The Morgan fingerprint density at radius 1 is 0.676 bits per heavy atom. The second-order valence-electron chi connectivity index (χ2n) is 7.29. The molecule has 5 nitrogen and oxygen atoms in total. The molecule has 5 aromatic rings. The lowest BCUT2D eigenvalue weighted by Crippen LogP contribution is -1.87. The molecule has 0 radical (unpaired) electrons. The molecule has 5 rings (SSSR count). The van der Waals surface area contributed by atoms with Crippen molar-refractivity contribution < 1.29 is 18.7 Å². The highest BCUT2D eigenvalue weighted by Gasteiger charge is 2.20. The van der Waals surface area contributed by atoms with E-state index in [1.54, 1.807) is 7.11 Å². The predicted octanol–water partition coefficient (Wildman–Crippen LogP) is 6.77. The SMILES string of the molecule is COc1cccc(-c2ccccc2-c2nc(-c3ccccc3)c(-c3ccccc3)o2)c1.O=C=O. The van der Waals surface area contributed by atoms with Gasteiger partial charge in [0.05, 0.1) is 7.11 Å². The van der Waals surface area contributed by atoms with E-state index in [9.17, 15) is 0 Å². The number of carbonyl (C=O) groups excluding carboxylic acids is 2. The number of rotatable bonds is 5. The molecule has 1 heterocycles. The van der Waals surface area contributed by atoms with Crippen LogP contribution in [-0.4, -0.2) is 18.2 Å². The molecule has 0 saturated heterocycles. The summed E-state index contributed by atoms with van der Waals surface area (Å²) in [6.45, 7) is 0. The van der Waals surface area contributed by atoms with Gasteiger partial charge in [-0.3, -0.25) is 0 Å². The van der Waals surface area contributed by atoms with E-state index in [2.05, 4.69) is 24.3 Å². The highest BCUT2D eigenvalue weighted by molar-refractivity contribution is 5.84. The molecule has 34 heavy (non-hydrogen) atoms. The lowest BCUT2D eigenvalue weighted by atomic mass is 9.99. The van der Waals surface area contributed by atoms with Crippen LogP contribution in [-0.2, 0) is 9.59 Å². The number of nitrogens with zero attached hydrogens (tertiary/aromatic N) is 1. The fourth-order valence-electron chi connectivity index (χ4n) is 3.72. The fourth-order valence-corrected chi connectivity index (χ4v) is 3.72. The van der Waals surface area contributed by atoms with E-state index in [1.807, 2.05) is 84.9 Å². The van der Waals surface area contributed by atoms with E-state index in [0.29, 0.717) is 5.89 Å². The normalized spacial score (nSPS) is 10.0. The maximum absolute atomic E-state index is 8.12. The van der Waals surface area contributed by atoms with Gasteiger partial charge in [0.1, 0.15) is 11.4 Å². The average molecular weight is 447 g/mol. The molecular weight excluding hydrogens is 426 g/mol. The van der Waals surface area contributed by atoms with Crippen molar-refractivity contribution in [3.8, 4) is 50.9 Å². The van der Waals surface area contributed by atoms with E-state index in [-0.39, 0.29) is 6.15 Å². The van der Waals surface area contributed by atoms with Gasteiger partial charge in [0, 0.05) is 16.7 Å². The van der Waals surface area contributed by atoms with Gasteiger partial charge in [0.15, 0.2) is 5.76 Å². The van der Waals surface area contributed by atoms with E-state index in [0.717, 1.165) is 45.0 Å². The molecule has 166 valence electrons. The summed E-state index contributed by atoms with van der Waals surface area (Å²) >= 11 is 0. The van der Waals surface area contributed by atoms with Crippen molar-refractivity contribution in [1.29, 1.82) is 0 Å². The zero-order chi connectivity index (χ0) is 23.8. The van der Waals surface area contributed by atoms with Gasteiger partial charge in [0.25, 0.3) is 0 Å². The predicted molar refractivity (Wildman–Crippen MR) is 130 cm³/mol. The Labute approximate surface area is 197 Å². The summed E-state index contributed by atoms with van der Waals surface area (Å²) in [5.41, 5.74) is 5.89. The van der Waals surface area contributed by atoms with Gasteiger partial charge in [0.2, 0.25) is 5.89 Å². The maximum Gasteiger partial charge on any atom is 0.373 e. The molecule has 0 unspecified atom stereocenters. The monoisotopic (exact) mass is 447 g/mol. The van der Waals surface area contributed by atoms with Crippen molar-refractivity contribution in [2.45, 2.75) is 0 Å². The third-order valence-corrected chi connectivity index (χ3v) is 5.25. The van der Waals surface area contributed by atoms with Crippen LogP contribution in [0.25, 0.3) is 45.2 Å². The van der Waals surface area contributed by atoms with Crippen molar-refractivity contribution >= 4 is 6.15 Å². The Kier molecular flexibility index (Phi) is 7.09. The number of hydrogen-bond donors (Lipinski definition) is 0. The van der Waals surface area contributed by atoms with Crippen LogP contribution in [0.2, 0.25) is 0 Å². The minimum atomic E-state index is 0.250. The Hall–Kier alpha value is -4.73. The van der Waals surface area contributed by atoms with Gasteiger partial charge in [-0.25, -0.2) is 4.98 Å². The van der Waals surface area contributed by atoms with Crippen LogP contribution >= 0.6 is 0 Å². The van der Waals surface area contributed by atoms with E-state index in [4.69, 9.17) is 23.7 Å². The molecule has 0 spiro atoms. The zero-order valence-electron chi connectivity index (χ0n) is 18.5. The van der Waals surface area contributed by atoms with E-state index < -0.39 is 0 Å². The van der Waals surface area contributed by atoms with E-state index in [1.165, 1.54) is 0 Å². The number of hydrogen-bond acceptors (Lipinski definition) is 5. The van der Waals surface area contributed by atoms with Gasteiger partial charge in [-0.05, 0) is 29.3 Å². The molecule has 0 aliphatic rings. The summed E-state index contributed by atoms with van der Waals surface area (Å²) in [4.78, 5) is 21.2. The van der Waals surface area contributed by atoms with Crippen LogP contribution in [0.1, 0.15) is 0 Å². The highest BCUT2D eigenvalue weighted by atomic mass is 16.5. The van der Waals surface area contributed by atoms with Crippen LogP contribution in [0, 0.1) is 0 Å². The Bertz CT molecular complexity index is 1350. The summed E-state index contributed by atoms with van der Waals surface area (Å²) in [5, 5.41) is 0.